The zero-order valence-corrected chi connectivity index (χ0v) is 6.34. The Bertz CT molecular complexity index is 174. The Balaban J connectivity index is 2.43. The lowest BCUT2D eigenvalue weighted by Gasteiger charge is -1.97. The summed E-state index contributed by atoms with van der Waals surface area (Å²) in [5.74, 6) is 0. The van der Waals surface area contributed by atoms with E-state index in [-0.39, 0.29) is 6.07 Å². The van der Waals surface area contributed by atoms with Crippen LogP contribution < -0.4 is 0 Å². The Morgan fingerprint density at radius 1 is 1.20 bits per heavy atom. The number of benzene rings is 1. The highest BCUT2D eigenvalue weighted by Crippen LogP contribution is 2.00. The molecule has 1 rings (SSSR count). The second-order valence-electron chi connectivity index (χ2n) is 1.94. The number of halogens is 1. The highest BCUT2D eigenvalue weighted by Gasteiger charge is 1.87. The summed E-state index contributed by atoms with van der Waals surface area (Å²) in [7, 11) is 0. The van der Waals surface area contributed by atoms with Gasteiger partial charge >= 0.3 is 0 Å². The van der Waals surface area contributed by atoms with E-state index in [1.165, 1.54) is 0 Å². The van der Waals surface area contributed by atoms with Gasteiger partial charge < -0.3 is 4.74 Å². The second kappa shape index (κ2) is 4.31. The van der Waals surface area contributed by atoms with Crippen molar-refractivity contribution in [3.8, 4) is 0 Å². The van der Waals surface area contributed by atoms with Crippen molar-refractivity contribution in [2.45, 2.75) is 6.61 Å². The van der Waals surface area contributed by atoms with Gasteiger partial charge in [0.05, 0.1) is 6.61 Å². The average molecular weight is 158 g/mol. The van der Waals surface area contributed by atoms with Crippen LogP contribution in [0.4, 0.5) is 0 Å². The molecule has 0 aliphatic carbocycles. The lowest BCUT2D eigenvalue weighted by Crippen LogP contribution is -1.88. The molecule has 0 amide bonds. The van der Waals surface area contributed by atoms with Crippen LogP contribution >= 0.6 is 11.6 Å². The van der Waals surface area contributed by atoms with E-state index in [0.717, 1.165) is 5.56 Å². The molecule has 1 aromatic rings. The van der Waals surface area contributed by atoms with E-state index in [2.05, 4.69) is 0 Å². The molecule has 0 atom stereocenters. The molecule has 0 saturated heterocycles. The van der Waals surface area contributed by atoms with Crippen molar-refractivity contribution in [3.05, 3.63) is 35.9 Å². The molecular formula is C8H9ClO. The molecule has 2 heteroatoms. The van der Waals surface area contributed by atoms with E-state index in [1.54, 1.807) is 0 Å². The fourth-order valence-corrected chi connectivity index (χ4v) is 0.808. The van der Waals surface area contributed by atoms with Gasteiger partial charge in [-0.2, -0.15) is 0 Å². The maximum Gasteiger partial charge on any atom is 0.121 e. The van der Waals surface area contributed by atoms with E-state index in [0.29, 0.717) is 6.61 Å². The summed E-state index contributed by atoms with van der Waals surface area (Å²) in [5.41, 5.74) is 1.16. The van der Waals surface area contributed by atoms with Gasteiger partial charge in [0.2, 0.25) is 0 Å². The smallest absolute Gasteiger partial charge is 0.121 e. The van der Waals surface area contributed by atoms with E-state index in [9.17, 15) is 0 Å². The van der Waals surface area contributed by atoms with Gasteiger partial charge in [0.25, 0.3) is 0 Å². The van der Waals surface area contributed by atoms with Crippen LogP contribution in [0.25, 0.3) is 0 Å². The second-order valence-corrected chi connectivity index (χ2v) is 2.16. The highest BCUT2D eigenvalue weighted by atomic mass is 35.5. The maximum absolute atomic E-state index is 5.33. The van der Waals surface area contributed by atoms with Crippen LogP contribution in [-0.2, 0) is 11.3 Å². The lowest BCUT2D eigenvalue weighted by atomic mass is 10.2. The number of rotatable bonds is 3. The molecule has 0 aromatic heterocycles. The fraction of sp³-hybridized carbons (Fsp3) is 0.250. The van der Waals surface area contributed by atoms with E-state index in [1.807, 2.05) is 30.3 Å². The molecule has 54 valence electrons. The Kier molecular flexibility index (Phi) is 3.27. The number of ether oxygens (including phenoxy) is 1. The average Bonchev–Trinajstić information content (AvgIpc) is 2.03. The predicted octanol–water partition coefficient (Wildman–Crippen LogP) is 2.40. The number of hydrogen-bond donors (Lipinski definition) is 0. The third-order valence-corrected chi connectivity index (χ3v) is 1.34. The summed E-state index contributed by atoms with van der Waals surface area (Å²) < 4.78 is 4.98. The standard InChI is InChI=1S/C8H9ClO/c9-7-10-6-8-4-2-1-3-5-8/h1-5H,6-7H2/i7+1. The minimum Gasteiger partial charge on any atom is -0.361 e. The van der Waals surface area contributed by atoms with Gasteiger partial charge in [0.1, 0.15) is 6.07 Å². The topological polar surface area (TPSA) is 9.23 Å². The van der Waals surface area contributed by atoms with Crippen molar-refractivity contribution in [2.24, 2.45) is 0 Å². The number of hydrogen-bond acceptors (Lipinski definition) is 1. The molecule has 1 aromatic carbocycles. The molecule has 0 spiro atoms. The van der Waals surface area contributed by atoms with Crippen molar-refractivity contribution < 1.29 is 4.74 Å². The van der Waals surface area contributed by atoms with E-state index < -0.39 is 0 Å². The lowest BCUT2D eigenvalue weighted by molar-refractivity contribution is 0.165. The Labute approximate surface area is 65.6 Å². The Morgan fingerprint density at radius 2 is 1.90 bits per heavy atom. The zero-order valence-electron chi connectivity index (χ0n) is 5.59. The van der Waals surface area contributed by atoms with Crippen LogP contribution in [-0.4, -0.2) is 6.07 Å². The van der Waals surface area contributed by atoms with Gasteiger partial charge in [-0.3, -0.25) is 0 Å². The molecule has 1 nitrogen and oxygen atoms in total. The van der Waals surface area contributed by atoms with Gasteiger partial charge in [-0.15, -0.1) is 0 Å². The van der Waals surface area contributed by atoms with Gasteiger partial charge in [0.15, 0.2) is 0 Å². The van der Waals surface area contributed by atoms with Crippen LogP contribution in [0.3, 0.4) is 0 Å². The molecule has 0 heterocycles. The molecule has 0 saturated carbocycles. The van der Waals surface area contributed by atoms with Crippen LogP contribution in [0.2, 0.25) is 0 Å². The molecule has 10 heavy (non-hydrogen) atoms. The van der Waals surface area contributed by atoms with Crippen molar-refractivity contribution in [1.29, 1.82) is 0 Å². The normalized spacial score (nSPS) is 9.70. The van der Waals surface area contributed by atoms with Crippen molar-refractivity contribution in [3.63, 3.8) is 0 Å². The zero-order chi connectivity index (χ0) is 7.23. The SMILES string of the molecule is Cl[13CH2]OCc1ccccc1. The first-order valence-corrected chi connectivity index (χ1v) is 3.64. The Morgan fingerprint density at radius 3 is 2.50 bits per heavy atom. The Hall–Kier alpha value is -0.530. The molecule has 0 unspecified atom stereocenters. The molecule has 0 bridgehead atoms. The first-order chi connectivity index (χ1) is 4.93. The van der Waals surface area contributed by atoms with Gasteiger partial charge in [0, 0.05) is 0 Å². The molecule has 0 aliphatic rings. The summed E-state index contributed by atoms with van der Waals surface area (Å²) in [4.78, 5) is 0. The van der Waals surface area contributed by atoms with E-state index >= 15 is 0 Å². The van der Waals surface area contributed by atoms with E-state index in [4.69, 9.17) is 16.3 Å². The summed E-state index contributed by atoms with van der Waals surface area (Å²) in [6, 6.07) is 10.2. The van der Waals surface area contributed by atoms with Crippen LogP contribution in [0.15, 0.2) is 30.3 Å². The molecule has 0 N–H and O–H groups in total. The van der Waals surface area contributed by atoms with Crippen LogP contribution in [0.1, 0.15) is 5.56 Å². The van der Waals surface area contributed by atoms with Gasteiger partial charge in [-0.05, 0) is 5.56 Å². The molecular weight excluding hydrogens is 149 g/mol. The largest absolute Gasteiger partial charge is 0.361 e. The minimum atomic E-state index is 0.259. The number of alkyl halides is 1. The fourth-order valence-electron chi connectivity index (χ4n) is 0.731. The third kappa shape index (κ3) is 2.38. The van der Waals surface area contributed by atoms with Gasteiger partial charge in [-0.25, -0.2) is 0 Å². The summed E-state index contributed by atoms with van der Waals surface area (Å²) >= 11 is 5.33. The van der Waals surface area contributed by atoms with Crippen molar-refractivity contribution in [2.75, 3.05) is 6.07 Å². The maximum atomic E-state index is 5.33. The summed E-state index contributed by atoms with van der Waals surface area (Å²) in [6.45, 7) is 0.602. The summed E-state index contributed by atoms with van der Waals surface area (Å²) in [5, 5.41) is 0. The highest BCUT2D eigenvalue weighted by molar-refractivity contribution is 6.17. The van der Waals surface area contributed by atoms with Crippen LogP contribution in [0, 0.1) is 0 Å². The van der Waals surface area contributed by atoms with Crippen molar-refractivity contribution in [1.82, 2.24) is 0 Å². The first kappa shape index (κ1) is 7.58. The monoisotopic (exact) mass is 157 g/mol. The molecule has 0 fully saturated rings. The predicted molar refractivity (Wildman–Crippen MR) is 42.0 cm³/mol. The summed E-state index contributed by atoms with van der Waals surface area (Å²) in [6.07, 6.45) is 0. The third-order valence-electron chi connectivity index (χ3n) is 1.19. The molecule has 0 radical (unpaired) electrons. The minimum absolute atomic E-state index is 0.259. The van der Waals surface area contributed by atoms with Gasteiger partial charge in [-0.1, -0.05) is 41.9 Å². The van der Waals surface area contributed by atoms with Crippen LogP contribution in [0.5, 0.6) is 0 Å². The first-order valence-electron chi connectivity index (χ1n) is 3.11. The van der Waals surface area contributed by atoms with Crippen molar-refractivity contribution >= 4 is 11.6 Å². The quantitative estimate of drug-likeness (QED) is 0.484. The molecule has 0 aliphatic heterocycles.